The van der Waals surface area contributed by atoms with Crippen molar-refractivity contribution in [1.82, 2.24) is 4.98 Å². The molecule has 1 aromatic heterocycles. The van der Waals surface area contributed by atoms with Crippen LogP contribution in [0.5, 0.6) is 0 Å². The maximum Gasteiger partial charge on any atom is 0.303 e. The van der Waals surface area contributed by atoms with Gasteiger partial charge in [-0.1, -0.05) is 37.3 Å². The lowest BCUT2D eigenvalue weighted by Gasteiger charge is -2.11. The van der Waals surface area contributed by atoms with Crippen LogP contribution >= 0.6 is 11.3 Å². The van der Waals surface area contributed by atoms with E-state index in [1.807, 2.05) is 11.4 Å². The van der Waals surface area contributed by atoms with Gasteiger partial charge < -0.3 is 10.4 Å². The molecule has 0 fully saturated rings. The number of benzene rings is 1. The number of anilines is 1. The predicted molar refractivity (Wildman–Crippen MR) is 86.0 cm³/mol. The molecule has 0 saturated carbocycles. The van der Waals surface area contributed by atoms with Gasteiger partial charge >= 0.3 is 5.97 Å². The number of aromatic nitrogens is 1. The van der Waals surface area contributed by atoms with Gasteiger partial charge in [-0.05, 0) is 17.9 Å². The highest BCUT2D eigenvalue weighted by molar-refractivity contribution is 7.13. The Morgan fingerprint density at radius 2 is 2.14 bits per heavy atom. The van der Waals surface area contributed by atoms with Crippen LogP contribution in [0.3, 0.4) is 0 Å². The molecule has 0 amide bonds. The highest BCUT2D eigenvalue weighted by Gasteiger charge is 2.07. The second-order valence-electron chi connectivity index (χ2n) is 5.06. The van der Waals surface area contributed by atoms with Gasteiger partial charge in [0.05, 0.1) is 12.1 Å². The summed E-state index contributed by atoms with van der Waals surface area (Å²) in [5.74, 6) is -0.278. The zero-order chi connectivity index (χ0) is 15.1. The van der Waals surface area contributed by atoms with Crippen molar-refractivity contribution in [3.63, 3.8) is 0 Å². The first-order valence-corrected chi connectivity index (χ1v) is 7.98. The zero-order valence-corrected chi connectivity index (χ0v) is 12.9. The average Bonchev–Trinajstić information content (AvgIpc) is 2.94. The number of carbonyl (C=O) groups is 1. The smallest absolute Gasteiger partial charge is 0.303 e. The molecular formula is C16H20N2O2S. The number of hydrogen-bond acceptors (Lipinski definition) is 4. The van der Waals surface area contributed by atoms with Crippen molar-refractivity contribution in [2.45, 2.75) is 32.1 Å². The third kappa shape index (κ3) is 5.19. The first kappa shape index (κ1) is 15.5. The van der Waals surface area contributed by atoms with Crippen molar-refractivity contribution in [3.8, 4) is 0 Å². The summed E-state index contributed by atoms with van der Waals surface area (Å²) in [6, 6.07) is 10.5. The summed E-state index contributed by atoms with van der Waals surface area (Å²) >= 11 is 1.53. The molecule has 4 nitrogen and oxygen atoms in total. The Labute approximate surface area is 128 Å². The molecule has 0 aliphatic heterocycles. The number of nitrogens with zero attached hydrogens (tertiary/aromatic N) is 1. The molecule has 0 spiro atoms. The van der Waals surface area contributed by atoms with Gasteiger partial charge in [0, 0.05) is 18.3 Å². The molecule has 1 unspecified atom stereocenters. The van der Waals surface area contributed by atoms with Crippen LogP contribution in [0.2, 0.25) is 0 Å². The SMILES string of the molecule is CC(CCNc1nc(CCC(=O)O)cs1)c1ccccc1. The van der Waals surface area contributed by atoms with E-state index in [9.17, 15) is 4.79 Å². The van der Waals surface area contributed by atoms with Gasteiger partial charge in [0.25, 0.3) is 0 Å². The summed E-state index contributed by atoms with van der Waals surface area (Å²) in [6.07, 6.45) is 1.66. The third-order valence-corrected chi connectivity index (χ3v) is 4.22. The van der Waals surface area contributed by atoms with E-state index in [4.69, 9.17) is 5.11 Å². The molecule has 112 valence electrons. The van der Waals surface area contributed by atoms with Crippen LogP contribution in [0.15, 0.2) is 35.7 Å². The number of carboxylic acids is 1. The van der Waals surface area contributed by atoms with Gasteiger partial charge in [-0.2, -0.15) is 0 Å². The Morgan fingerprint density at radius 3 is 2.86 bits per heavy atom. The van der Waals surface area contributed by atoms with Crippen LogP contribution in [-0.2, 0) is 11.2 Å². The summed E-state index contributed by atoms with van der Waals surface area (Å²) < 4.78 is 0. The average molecular weight is 304 g/mol. The molecule has 0 aliphatic carbocycles. The molecule has 2 rings (SSSR count). The molecule has 1 aromatic carbocycles. The van der Waals surface area contributed by atoms with Gasteiger partial charge in [-0.3, -0.25) is 4.79 Å². The van der Waals surface area contributed by atoms with Gasteiger partial charge in [0.15, 0.2) is 5.13 Å². The van der Waals surface area contributed by atoms with Crippen molar-refractivity contribution in [2.75, 3.05) is 11.9 Å². The lowest BCUT2D eigenvalue weighted by atomic mass is 9.98. The fourth-order valence-corrected chi connectivity index (χ4v) is 2.86. The van der Waals surface area contributed by atoms with E-state index >= 15 is 0 Å². The molecular weight excluding hydrogens is 284 g/mol. The Morgan fingerprint density at radius 1 is 1.38 bits per heavy atom. The van der Waals surface area contributed by atoms with Crippen LogP contribution in [0.1, 0.15) is 36.9 Å². The van der Waals surface area contributed by atoms with Crippen LogP contribution in [0.4, 0.5) is 5.13 Å². The van der Waals surface area contributed by atoms with E-state index in [2.05, 4.69) is 41.5 Å². The van der Waals surface area contributed by atoms with E-state index in [-0.39, 0.29) is 6.42 Å². The maximum atomic E-state index is 10.5. The molecule has 0 radical (unpaired) electrons. The minimum atomic E-state index is -0.783. The van der Waals surface area contributed by atoms with Crippen molar-refractivity contribution < 1.29 is 9.90 Å². The number of nitrogens with one attached hydrogen (secondary N) is 1. The largest absolute Gasteiger partial charge is 0.481 e. The molecule has 5 heteroatoms. The van der Waals surface area contributed by atoms with E-state index < -0.39 is 5.97 Å². The quantitative estimate of drug-likeness (QED) is 0.779. The minimum absolute atomic E-state index is 0.133. The minimum Gasteiger partial charge on any atom is -0.481 e. The van der Waals surface area contributed by atoms with Gasteiger partial charge in [-0.15, -0.1) is 11.3 Å². The number of rotatable bonds is 8. The number of hydrogen-bond donors (Lipinski definition) is 2. The van der Waals surface area contributed by atoms with Gasteiger partial charge in [0.1, 0.15) is 0 Å². The van der Waals surface area contributed by atoms with Crippen LogP contribution in [-0.4, -0.2) is 22.6 Å². The first-order valence-electron chi connectivity index (χ1n) is 7.10. The number of thiazole rings is 1. The fourth-order valence-electron chi connectivity index (χ4n) is 2.08. The molecule has 21 heavy (non-hydrogen) atoms. The number of aliphatic carboxylic acids is 1. The topological polar surface area (TPSA) is 62.2 Å². The summed E-state index contributed by atoms with van der Waals surface area (Å²) in [5.41, 5.74) is 2.20. The lowest BCUT2D eigenvalue weighted by molar-refractivity contribution is -0.136. The molecule has 0 aliphatic rings. The summed E-state index contributed by atoms with van der Waals surface area (Å²) in [6.45, 7) is 3.08. The number of aryl methyl sites for hydroxylation is 1. The van der Waals surface area contributed by atoms with Crippen LogP contribution < -0.4 is 5.32 Å². The van der Waals surface area contributed by atoms with Crippen molar-refractivity contribution in [3.05, 3.63) is 47.0 Å². The molecule has 1 atom stereocenters. The van der Waals surface area contributed by atoms with Crippen molar-refractivity contribution in [2.24, 2.45) is 0 Å². The highest BCUT2D eigenvalue weighted by Crippen LogP contribution is 2.20. The Balaban J connectivity index is 1.75. The molecule has 1 heterocycles. The summed E-state index contributed by atoms with van der Waals surface area (Å²) in [7, 11) is 0. The molecule has 0 saturated heterocycles. The highest BCUT2D eigenvalue weighted by atomic mass is 32.1. The van der Waals surface area contributed by atoms with Crippen molar-refractivity contribution >= 4 is 22.4 Å². The first-order chi connectivity index (χ1) is 10.1. The van der Waals surface area contributed by atoms with Crippen molar-refractivity contribution in [1.29, 1.82) is 0 Å². The van der Waals surface area contributed by atoms with E-state index in [0.717, 1.165) is 23.8 Å². The van der Waals surface area contributed by atoms with Crippen LogP contribution in [0.25, 0.3) is 0 Å². The maximum absolute atomic E-state index is 10.5. The predicted octanol–water partition coefficient (Wildman–Crippen LogP) is 3.77. The second-order valence-corrected chi connectivity index (χ2v) is 5.92. The van der Waals surface area contributed by atoms with E-state index in [1.165, 1.54) is 16.9 Å². The van der Waals surface area contributed by atoms with Crippen LogP contribution in [0, 0.1) is 0 Å². The standard InChI is InChI=1S/C16H20N2O2S/c1-12(13-5-3-2-4-6-13)9-10-17-16-18-14(11-21-16)7-8-15(19)20/h2-6,11-12H,7-10H2,1H3,(H,17,18)(H,19,20). The van der Waals surface area contributed by atoms with Gasteiger partial charge in [-0.25, -0.2) is 4.98 Å². The van der Waals surface area contributed by atoms with E-state index in [0.29, 0.717) is 12.3 Å². The number of carboxylic acid groups (broad SMARTS) is 1. The zero-order valence-electron chi connectivity index (χ0n) is 12.1. The molecule has 2 aromatic rings. The summed E-state index contributed by atoms with van der Waals surface area (Å²) in [5, 5.41) is 14.8. The Kier molecular flexibility index (Phi) is 5.75. The normalized spacial score (nSPS) is 12.0. The summed E-state index contributed by atoms with van der Waals surface area (Å²) in [4.78, 5) is 14.9. The fraction of sp³-hybridized carbons (Fsp3) is 0.375. The molecule has 0 bridgehead atoms. The Hall–Kier alpha value is -1.88. The monoisotopic (exact) mass is 304 g/mol. The second kappa shape index (κ2) is 7.78. The van der Waals surface area contributed by atoms with Gasteiger partial charge in [0.2, 0.25) is 0 Å². The lowest BCUT2D eigenvalue weighted by Crippen LogP contribution is -2.06. The third-order valence-electron chi connectivity index (χ3n) is 3.37. The Bertz CT molecular complexity index is 569. The van der Waals surface area contributed by atoms with E-state index in [1.54, 1.807) is 0 Å². The molecule has 2 N–H and O–H groups in total.